The Labute approximate surface area is 144 Å². The summed E-state index contributed by atoms with van der Waals surface area (Å²) in [7, 11) is -2.21. The highest BCUT2D eigenvalue weighted by Crippen LogP contribution is 2.37. The molecule has 1 N–H and O–H groups in total. The summed E-state index contributed by atoms with van der Waals surface area (Å²) in [5, 5.41) is 3.51. The molecule has 1 aromatic rings. The van der Waals surface area contributed by atoms with Crippen molar-refractivity contribution in [2.24, 2.45) is 0 Å². The van der Waals surface area contributed by atoms with Crippen LogP contribution in [0, 0.1) is 0 Å². The van der Waals surface area contributed by atoms with Gasteiger partial charge in [0.2, 0.25) is 10.0 Å². The zero-order valence-corrected chi connectivity index (χ0v) is 15.6. The maximum atomic E-state index is 12.8. The molecule has 0 aliphatic carbocycles. The number of sulfonamides is 1. The summed E-state index contributed by atoms with van der Waals surface area (Å²) in [5.41, 5.74) is 0. The first-order valence-corrected chi connectivity index (χ1v) is 8.74. The third kappa shape index (κ3) is 3.83. The van der Waals surface area contributed by atoms with Gasteiger partial charge in [-0.15, -0.1) is 12.4 Å². The molecular formula is C12H17BrCl2N2O3S. The van der Waals surface area contributed by atoms with E-state index in [9.17, 15) is 8.42 Å². The van der Waals surface area contributed by atoms with Gasteiger partial charge >= 0.3 is 0 Å². The Bertz CT molecular complexity index is 613. The quantitative estimate of drug-likeness (QED) is 0.817. The van der Waals surface area contributed by atoms with Crippen molar-refractivity contribution in [3.63, 3.8) is 0 Å². The zero-order valence-electron chi connectivity index (χ0n) is 11.6. The highest BCUT2D eigenvalue weighted by Gasteiger charge is 2.34. The van der Waals surface area contributed by atoms with Crippen molar-refractivity contribution in [2.75, 3.05) is 26.7 Å². The summed E-state index contributed by atoms with van der Waals surface area (Å²) < 4.78 is 32.9. The zero-order chi connectivity index (χ0) is 14.9. The average molecular weight is 420 g/mol. The lowest BCUT2D eigenvalue weighted by molar-refractivity contribution is 0.282. The minimum absolute atomic E-state index is 0. The van der Waals surface area contributed by atoms with Crippen molar-refractivity contribution in [3.8, 4) is 5.75 Å². The molecule has 1 aliphatic heterocycles. The SMILES string of the molecule is COc1c(Br)cc(Cl)cc1S(=O)(=O)N1CCNC[C@H]1C.Cl. The molecule has 9 heteroatoms. The highest BCUT2D eigenvalue weighted by molar-refractivity contribution is 9.10. The Morgan fingerprint density at radius 3 is 2.71 bits per heavy atom. The molecule has 2 rings (SSSR count). The second kappa shape index (κ2) is 7.48. The standard InChI is InChI=1S/C12H16BrClN2O3S.ClH/c1-8-7-15-3-4-16(8)20(17,18)11-6-9(14)5-10(13)12(11)19-2;/h5-6,8,15H,3-4,7H2,1-2H3;1H/t8-;/m1./s1. The van der Waals surface area contributed by atoms with E-state index in [4.69, 9.17) is 16.3 Å². The van der Waals surface area contributed by atoms with E-state index in [-0.39, 0.29) is 29.1 Å². The van der Waals surface area contributed by atoms with Gasteiger partial charge in [0.15, 0.2) is 5.75 Å². The maximum Gasteiger partial charge on any atom is 0.247 e. The fourth-order valence-corrected chi connectivity index (χ4v) is 5.24. The van der Waals surface area contributed by atoms with E-state index in [1.54, 1.807) is 6.07 Å². The molecule has 0 saturated carbocycles. The lowest BCUT2D eigenvalue weighted by Crippen LogP contribution is -2.52. The predicted molar refractivity (Wildman–Crippen MR) is 89.2 cm³/mol. The number of hydrogen-bond donors (Lipinski definition) is 1. The van der Waals surface area contributed by atoms with Crippen molar-refractivity contribution >= 4 is 50.0 Å². The van der Waals surface area contributed by atoms with Crippen LogP contribution in [0.15, 0.2) is 21.5 Å². The van der Waals surface area contributed by atoms with Gasteiger partial charge < -0.3 is 10.1 Å². The van der Waals surface area contributed by atoms with Gasteiger partial charge in [0, 0.05) is 30.7 Å². The minimum atomic E-state index is -3.65. The van der Waals surface area contributed by atoms with E-state index < -0.39 is 10.0 Å². The largest absolute Gasteiger partial charge is 0.494 e. The van der Waals surface area contributed by atoms with Crippen molar-refractivity contribution in [2.45, 2.75) is 17.9 Å². The van der Waals surface area contributed by atoms with Crippen LogP contribution in [0.25, 0.3) is 0 Å². The molecule has 1 saturated heterocycles. The molecule has 1 aromatic carbocycles. The first-order chi connectivity index (χ1) is 9.37. The number of hydrogen-bond acceptors (Lipinski definition) is 4. The molecule has 1 atom stereocenters. The van der Waals surface area contributed by atoms with Gasteiger partial charge in [-0.25, -0.2) is 8.42 Å². The van der Waals surface area contributed by atoms with Crippen LogP contribution in [0.3, 0.4) is 0 Å². The Hall–Kier alpha value is -0.0500. The number of ether oxygens (including phenoxy) is 1. The molecule has 1 heterocycles. The van der Waals surface area contributed by atoms with Gasteiger partial charge in [0.1, 0.15) is 4.90 Å². The molecule has 0 radical (unpaired) electrons. The van der Waals surface area contributed by atoms with Crippen LogP contribution in [0.1, 0.15) is 6.92 Å². The number of benzene rings is 1. The smallest absolute Gasteiger partial charge is 0.247 e. The Morgan fingerprint density at radius 1 is 1.48 bits per heavy atom. The van der Waals surface area contributed by atoms with Gasteiger partial charge in [-0.2, -0.15) is 4.31 Å². The normalized spacial score (nSPS) is 19.9. The van der Waals surface area contributed by atoms with E-state index in [2.05, 4.69) is 21.2 Å². The lowest BCUT2D eigenvalue weighted by atomic mass is 10.3. The maximum absolute atomic E-state index is 12.8. The monoisotopic (exact) mass is 418 g/mol. The predicted octanol–water partition coefficient (Wildman–Crippen LogP) is 2.52. The molecule has 5 nitrogen and oxygen atoms in total. The lowest BCUT2D eigenvalue weighted by Gasteiger charge is -2.33. The van der Waals surface area contributed by atoms with E-state index in [1.165, 1.54) is 17.5 Å². The molecule has 21 heavy (non-hydrogen) atoms. The first kappa shape index (κ1) is 19.0. The van der Waals surface area contributed by atoms with Gasteiger partial charge in [-0.05, 0) is 35.0 Å². The van der Waals surface area contributed by atoms with E-state index in [1.807, 2.05) is 6.92 Å². The third-order valence-corrected chi connectivity index (χ3v) is 6.03. The van der Waals surface area contributed by atoms with Crippen LogP contribution in [0.2, 0.25) is 5.02 Å². The highest BCUT2D eigenvalue weighted by atomic mass is 79.9. The van der Waals surface area contributed by atoms with Crippen molar-refractivity contribution in [1.82, 2.24) is 9.62 Å². The summed E-state index contributed by atoms with van der Waals surface area (Å²) in [4.78, 5) is 0.0909. The molecule has 0 unspecified atom stereocenters. The van der Waals surface area contributed by atoms with Gasteiger partial charge in [0.05, 0.1) is 11.6 Å². The van der Waals surface area contributed by atoms with Crippen molar-refractivity contribution in [3.05, 3.63) is 21.6 Å². The Kier molecular flexibility index (Phi) is 6.77. The Balaban J connectivity index is 0.00000220. The summed E-state index contributed by atoms with van der Waals surface area (Å²) in [6.07, 6.45) is 0. The van der Waals surface area contributed by atoms with Crippen molar-refractivity contribution < 1.29 is 13.2 Å². The third-order valence-electron chi connectivity index (χ3n) is 3.21. The van der Waals surface area contributed by atoms with Crippen LogP contribution in [-0.2, 0) is 10.0 Å². The average Bonchev–Trinajstić information content (AvgIpc) is 2.38. The number of nitrogens with zero attached hydrogens (tertiary/aromatic N) is 1. The minimum Gasteiger partial charge on any atom is -0.494 e. The van der Waals surface area contributed by atoms with Crippen LogP contribution < -0.4 is 10.1 Å². The molecule has 0 spiro atoms. The number of rotatable bonds is 3. The topological polar surface area (TPSA) is 58.6 Å². The second-order valence-electron chi connectivity index (χ2n) is 4.59. The number of nitrogens with one attached hydrogen (secondary N) is 1. The fourth-order valence-electron chi connectivity index (χ4n) is 2.23. The van der Waals surface area contributed by atoms with Gasteiger partial charge in [-0.3, -0.25) is 0 Å². The molecule has 0 amide bonds. The molecule has 0 bridgehead atoms. The molecular weight excluding hydrogens is 403 g/mol. The van der Waals surface area contributed by atoms with Crippen LogP contribution in [-0.4, -0.2) is 45.5 Å². The van der Waals surface area contributed by atoms with E-state index in [0.717, 1.165) is 0 Å². The summed E-state index contributed by atoms with van der Waals surface area (Å²) in [6, 6.07) is 2.92. The van der Waals surface area contributed by atoms with Gasteiger partial charge in [0.25, 0.3) is 0 Å². The van der Waals surface area contributed by atoms with Gasteiger partial charge in [-0.1, -0.05) is 11.6 Å². The number of halogens is 3. The number of methoxy groups -OCH3 is 1. The summed E-state index contributed by atoms with van der Waals surface area (Å²) in [5.74, 6) is 0.278. The fraction of sp³-hybridized carbons (Fsp3) is 0.500. The van der Waals surface area contributed by atoms with Crippen LogP contribution in [0.5, 0.6) is 5.75 Å². The Morgan fingerprint density at radius 2 is 2.14 bits per heavy atom. The van der Waals surface area contributed by atoms with Crippen LogP contribution >= 0.6 is 39.9 Å². The first-order valence-electron chi connectivity index (χ1n) is 6.13. The van der Waals surface area contributed by atoms with E-state index >= 15 is 0 Å². The molecule has 1 aliphatic rings. The van der Waals surface area contributed by atoms with E-state index in [0.29, 0.717) is 29.1 Å². The van der Waals surface area contributed by atoms with Crippen LogP contribution in [0.4, 0.5) is 0 Å². The number of piperazine rings is 1. The summed E-state index contributed by atoms with van der Waals surface area (Å²) in [6.45, 7) is 3.56. The van der Waals surface area contributed by atoms with Crippen molar-refractivity contribution in [1.29, 1.82) is 0 Å². The molecule has 1 fully saturated rings. The molecule has 0 aromatic heterocycles. The second-order valence-corrected chi connectivity index (χ2v) is 7.74. The summed E-state index contributed by atoms with van der Waals surface area (Å²) >= 11 is 9.26. The molecule has 120 valence electrons.